The van der Waals surface area contributed by atoms with Crippen molar-refractivity contribution in [1.29, 1.82) is 0 Å². The third-order valence-electron chi connectivity index (χ3n) is 7.75. The van der Waals surface area contributed by atoms with E-state index in [0.717, 1.165) is 22.5 Å². The quantitative estimate of drug-likeness (QED) is 0.221. The summed E-state index contributed by atoms with van der Waals surface area (Å²) in [6.07, 6.45) is 3.90. The van der Waals surface area contributed by atoms with Crippen LogP contribution >= 0.6 is 0 Å². The highest BCUT2D eigenvalue weighted by atomic mass is 14.8. The Hall–Kier alpha value is -4.04. The van der Waals surface area contributed by atoms with Gasteiger partial charge in [-0.3, -0.25) is 9.97 Å². The smallest absolute Gasteiger partial charge is 0.0888 e. The fourth-order valence-electron chi connectivity index (χ4n) is 6.15. The number of benzene rings is 4. The van der Waals surface area contributed by atoms with Crippen LogP contribution in [-0.2, 0) is 0 Å². The van der Waals surface area contributed by atoms with Crippen LogP contribution in [0.25, 0.3) is 22.5 Å². The number of hydrogen-bond acceptors (Lipinski definition) is 2. The second-order valence-electron chi connectivity index (χ2n) is 12.9. The lowest BCUT2D eigenvalue weighted by atomic mass is 9.71. The van der Waals surface area contributed by atoms with Crippen LogP contribution < -0.4 is 0 Å². The topological polar surface area (TPSA) is 25.8 Å². The van der Waals surface area contributed by atoms with E-state index >= 15 is 0 Å². The van der Waals surface area contributed by atoms with Crippen LogP contribution in [0, 0.1) is 10.8 Å². The Morgan fingerprint density at radius 1 is 0.425 bits per heavy atom. The summed E-state index contributed by atoms with van der Waals surface area (Å²) in [5, 5.41) is 0. The van der Waals surface area contributed by atoms with Crippen LogP contribution in [0.2, 0.25) is 0 Å². The molecule has 0 saturated heterocycles. The van der Waals surface area contributed by atoms with Gasteiger partial charge in [0.25, 0.3) is 0 Å². The Balaban J connectivity index is 1.57. The summed E-state index contributed by atoms with van der Waals surface area (Å²) in [5.41, 5.74) is 9.32. The molecule has 5 aromatic rings. The van der Waals surface area contributed by atoms with Gasteiger partial charge in [0.05, 0.1) is 23.8 Å². The van der Waals surface area contributed by atoms with Crippen molar-refractivity contribution in [2.75, 3.05) is 0 Å². The van der Waals surface area contributed by atoms with Crippen molar-refractivity contribution in [1.82, 2.24) is 9.97 Å². The summed E-state index contributed by atoms with van der Waals surface area (Å²) in [6, 6.07) is 38.9. The first kappa shape index (κ1) is 27.5. The van der Waals surface area contributed by atoms with Crippen LogP contribution in [0.4, 0.5) is 0 Å². The Morgan fingerprint density at radius 2 is 0.750 bits per heavy atom. The summed E-state index contributed by atoms with van der Waals surface area (Å²) < 4.78 is 0. The fraction of sp³-hybridized carbons (Fsp3) is 0.263. The molecule has 1 heterocycles. The molecule has 2 heteroatoms. The Bertz CT molecular complexity index is 1420. The van der Waals surface area contributed by atoms with Gasteiger partial charge in [-0.05, 0) is 33.1 Å². The van der Waals surface area contributed by atoms with E-state index in [0.29, 0.717) is 0 Å². The van der Waals surface area contributed by atoms with Crippen molar-refractivity contribution >= 4 is 0 Å². The molecule has 0 amide bonds. The first-order chi connectivity index (χ1) is 19.1. The molecule has 0 aliphatic heterocycles. The van der Waals surface area contributed by atoms with Crippen molar-refractivity contribution in [3.05, 3.63) is 144 Å². The van der Waals surface area contributed by atoms with Gasteiger partial charge >= 0.3 is 0 Å². The van der Waals surface area contributed by atoms with E-state index < -0.39 is 0 Å². The van der Waals surface area contributed by atoms with Gasteiger partial charge in [-0.15, -0.1) is 0 Å². The highest BCUT2D eigenvalue weighted by Crippen LogP contribution is 2.45. The lowest BCUT2D eigenvalue weighted by Gasteiger charge is -2.33. The summed E-state index contributed by atoms with van der Waals surface area (Å²) in [5.74, 6) is 0.455. The minimum absolute atomic E-state index is 0.0309. The summed E-state index contributed by atoms with van der Waals surface area (Å²) in [7, 11) is 0. The van der Waals surface area contributed by atoms with Gasteiger partial charge < -0.3 is 0 Å². The monoisotopic (exact) mass is 524 g/mol. The first-order valence-electron chi connectivity index (χ1n) is 14.2. The van der Waals surface area contributed by atoms with E-state index in [1.54, 1.807) is 0 Å². The van der Waals surface area contributed by atoms with E-state index in [1.165, 1.54) is 22.3 Å². The molecular formula is C38H40N2. The van der Waals surface area contributed by atoms with Crippen LogP contribution in [0.3, 0.4) is 0 Å². The Morgan fingerprint density at radius 3 is 1.07 bits per heavy atom. The van der Waals surface area contributed by atoms with Crippen molar-refractivity contribution in [3.63, 3.8) is 0 Å². The largest absolute Gasteiger partial charge is 0.252 e. The van der Waals surface area contributed by atoms with Gasteiger partial charge in [0.15, 0.2) is 0 Å². The number of nitrogens with zero attached hydrogens (tertiary/aromatic N) is 2. The zero-order valence-electron chi connectivity index (χ0n) is 24.6. The van der Waals surface area contributed by atoms with E-state index in [1.807, 2.05) is 12.4 Å². The highest BCUT2D eigenvalue weighted by Gasteiger charge is 2.31. The second-order valence-corrected chi connectivity index (χ2v) is 12.9. The Labute approximate surface area is 240 Å². The van der Waals surface area contributed by atoms with Gasteiger partial charge in [-0.2, -0.15) is 0 Å². The SMILES string of the molecule is CC(C)(C)[C@@H](c1ccccc1)c1ccccc1-c1cnc(-c2ccccc2[C@H](c2ccccc2)C(C)(C)C)cn1. The third-order valence-corrected chi connectivity index (χ3v) is 7.75. The molecule has 0 fully saturated rings. The highest BCUT2D eigenvalue weighted by molar-refractivity contribution is 5.69. The lowest BCUT2D eigenvalue weighted by molar-refractivity contribution is 0.359. The maximum Gasteiger partial charge on any atom is 0.0888 e. The zero-order chi connectivity index (χ0) is 28.3. The molecule has 0 aliphatic carbocycles. The fourth-order valence-corrected chi connectivity index (χ4v) is 6.15. The molecule has 40 heavy (non-hydrogen) atoms. The average Bonchev–Trinajstić information content (AvgIpc) is 2.94. The lowest BCUT2D eigenvalue weighted by Crippen LogP contribution is -2.20. The molecule has 5 rings (SSSR count). The number of aromatic nitrogens is 2. The minimum Gasteiger partial charge on any atom is -0.252 e. The van der Waals surface area contributed by atoms with Crippen molar-refractivity contribution in [2.24, 2.45) is 10.8 Å². The molecule has 0 unspecified atom stereocenters. The summed E-state index contributed by atoms with van der Waals surface area (Å²) in [4.78, 5) is 10.0. The van der Waals surface area contributed by atoms with E-state index in [2.05, 4.69) is 151 Å². The van der Waals surface area contributed by atoms with Gasteiger partial charge in [0.2, 0.25) is 0 Å². The molecule has 0 radical (unpaired) electrons. The molecule has 0 bridgehead atoms. The standard InChI is InChI=1S/C38H40N2/c1-37(2,3)35(27-17-9-7-10-18-27)31-23-15-13-21-29(31)33-25-40-34(26-39-33)30-22-14-16-24-32(30)36(38(4,5)6)28-19-11-8-12-20-28/h7-26,35-36H,1-6H3/t35-,36-/m0/s1. The first-order valence-corrected chi connectivity index (χ1v) is 14.2. The molecule has 0 aliphatic rings. The second kappa shape index (κ2) is 11.2. The average molecular weight is 525 g/mol. The number of hydrogen-bond donors (Lipinski definition) is 0. The summed E-state index contributed by atoms with van der Waals surface area (Å²) in [6.45, 7) is 13.9. The predicted molar refractivity (Wildman–Crippen MR) is 168 cm³/mol. The molecule has 0 saturated carbocycles. The molecule has 1 aromatic heterocycles. The third kappa shape index (κ3) is 5.77. The van der Waals surface area contributed by atoms with Crippen LogP contribution in [0.15, 0.2) is 122 Å². The number of rotatable bonds is 6. The predicted octanol–water partition coefficient (Wildman–Crippen LogP) is 10.2. The van der Waals surface area contributed by atoms with Gasteiger partial charge in [-0.1, -0.05) is 151 Å². The van der Waals surface area contributed by atoms with E-state index in [9.17, 15) is 0 Å². The Kier molecular flexibility index (Phi) is 7.72. The molecule has 0 spiro atoms. The van der Waals surface area contributed by atoms with Crippen LogP contribution in [0.5, 0.6) is 0 Å². The molecule has 2 nitrogen and oxygen atoms in total. The molecule has 202 valence electrons. The zero-order valence-corrected chi connectivity index (χ0v) is 24.6. The van der Waals surface area contributed by atoms with Gasteiger partial charge in [-0.25, -0.2) is 0 Å². The maximum atomic E-state index is 5.02. The maximum absolute atomic E-state index is 5.02. The van der Waals surface area contributed by atoms with E-state index in [-0.39, 0.29) is 22.7 Å². The minimum atomic E-state index is 0.0309. The molecule has 2 atom stereocenters. The van der Waals surface area contributed by atoms with Crippen LogP contribution in [0.1, 0.15) is 75.6 Å². The summed E-state index contributed by atoms with van der Waals surface area (Å²) >= 11 is 0. The molecule has 4 aromatic carbocycles. The van der Waals surface area contributed by atoms with Gasteiger partial charge in [0.1, 0.15) is 0 Å². The molecule has 0 N–H and O–H groups in total. The van der Waals surface area contributed by atoms with Crippen molar-refractivity contribution < 1.29 is 0 Å². The normalized spacial score (nSPS) is 13.6. The van der Waals surface area contributed by atoms with Gasteiger partial charge in [0, 0.05) is 23.0 Å². The van der Waals surface area contributed by atoms with Crippen LogP contribution in [-0.4, -0.2) is 9.97 Å². The molecular weight excluding hydrogens is 484 g/mol. The van der Waals surface area contributed by atoms with Crippen molar-refractivity contribution in [3.8, 4) is 22.5 Å². The van der Waals surface area contributed by atoms with E-state index in [4.69, 9.17) is 9.97 Å². The van der Waals surface area contributed by atoms with Crippen molar-refractivity contribution in [2.45, 2.75) is 53.4 Å².